The van der Waals surface area contributed by atoms with Crippen LogP contribution in [0.2, 0.25) is 0 Å². The second-order valence-electron chi connectivity index (χ2n) is 3.99. The molecule has 0 amide bonds. The fourth-order valence-electron chi connectivity index (χ4n) is 2.01. The Hall–Kier alpha value is -0.470. The van der Waals surface area contributed by atoms with Gasteiger partial charge in [0.15, 0.2) is 0 Å². The van der Waals surface area contributed by atoms with E-state index in [1.54, 1.807) is 6.26 Å². The Labute approximate surface area is 98.7 Å². The van der Waals surface area contributed by atoms with Crippen molar-refractivity contribution >= 4 is 12.6 Å². The lowest BCUT2D eigenvalue weighted by Crippen LogP contribution is -2.35. The molecule has 0 spiro atoms. The highest BCUT2D eigenvalue weighted by molar-refractivity contribution is 7.79. The minimum atomic E-state index is 0.708. The van der Waals surface area contributed by atoms with Gasteiger partial charge in [-0.2, -0.15) is 12.6 Å². The van der Waals surface area contributed by atoms with Gasteiger partial charge in [-0.25, -0.2) is 0 Å². The molecule has 1 aromatic carbocycles. The Morgan fingerprint density at radius 3 is 2.33 bits per heavy atom. The van der Waals surface area contributed by atoms with Crippen LogP contribution in [0.15, 0.2) is 30.3 Å². The van der Waals surface area contributed by atoms with Gasteiger partial charge in [0.05, 0.1) is 0 Å². The SMILES string of the molecule is CC1CCC(c2ccccc2)CN1.CS. The van der Waals surface area contributed by atoms with Crippen molar-refractivity contribution in [2.45, 2.75) is 31.7 Å². The molecule has 0 aliphatic carbocycles. The van der Waals surface area contributed by atoms with Gasteiger partial charge >= 0.3 is 0 Å². The van der Waals surface area contributed by atoms with Crippen LogP contribution in [-0.2, 0) is 0 Å². The number of hydrogen-bond acceptors (Lipinski definition) is 2. The molecular weight excluding hydrogens is 202 g/mol. The van der Waals surface area contributed by atoms with Gasteiger partial charge in [-0.1, -0.05) is 30.3 Å². The summed E-state index contributed by atoms with van der Waals surface area (Å²) >= 11 is 3.53. The van der Waals surface area contributed by atoms with Gasteiger partial charge in [0.2, 0.25) is 0 Å². The first-order valence-electron chi connectivity index (χ1n) is 5.59. The van der Waals surface area contributed by atoms with E-state index in [9.17, 15) is 0 Å². The fourth-order valence-corrected chi connectivity index (χ4v) is 2.01. The van der Waals surface area contributed by atoms with Crippen LogP contribution in [0.3, 0.4) is 0 Å². The third-order valence-electron chi connectivity index (χ3n) is 2.93. The topological polar surface area (TPSA) is 12.0 Å². The zero-order valence-corrected chi connectivity index (χ0v) is 10.5. The molecule has 1 heterocycles. The van der Waals surface area contributed by atoms with Gasteiger partial charge in [0, 0.05) is 12.6 Å². The Bertz CT molecular complexity index is 252. The molecule has 2 unspecified atom stereocenters. The molecule has 15 heavy (non-hydrogen) atoms. The smallest absolute Gasteiger partial charge is 0.00391 e. The van der Waals surface area contributed by atoms with Crippen LogP contribution in [0, 0.1) is 0 Å². The van der Waals surface area contributed by atoms with Crippen LogP contribution in [0.4, 0.5) is 0 Å². The summed E-state index contributed by atoms with van der Waals surface area (Å²) in [5, 5.41) is 3.53. The van der Waals surface area contributed by atoms with Crippen molar-refractivity contribution in [1.29, 1.82) is 0 Å². The van der Waals surface area contributed by atoms with Crippen molar-refractivity contribution in [3.8, 4) is 0 Å². The average molecular weight is 223 g/mol. The summed E-state index contributed by atoms with van der Waals surface area (Å²) in [6.07, 6.45) is 4.33. The van der Waals surface area contributed by atoms with Crippen LogP contribution >= 0.6 is 12.6 Å². The van der Waals surface area contributed by atoms with E-state index in [1.165, 1.54) is 18.4 Å². The highest BCUT2D eigenvalue weighted by Crippen LogP contribution is 2.24. The number of rotatable bonds is 1. The van der Waals surface area contributed by atoms with E-state index in [4.69, 9.17) is 0 Å². The summed E-state index contributed by atoms with van der Waals surface area (Å²) in [7, 11) is 0. The molecule has 0 aromatic heterocycles. The highest BCUT2D eigenvalue weighted by Gasteiger charge is 2.18. The van der Waals surface area contributed by atoms with Crippen molar-refractivity contribution in [2.75, 3.05) is 12.8 Å². The summed E-state index contributed by atoms with van der Waals surface area (Å²) in [6.45, 7) is 3.41. The van der Waals surface area contributed by atoms with Crippen molar-refractivity contribution in [3.05, 3.63) is 35.9 Å². The summed E-state index contributed by atoms with van der Waals surface area (Å²) < 4.78 is 0. The third-order valence-corrected chi connectivity index (χ3v) is 2.93. The molecule has 1 fully saturated rings. The molecule has 2 atom stereocenters. The van der Waals surface area contributed by atoms with E-state index in [1.807, 2.05) is 0 Å². The Morgan fingerprint density at radius 2 is 1.80 bits per heavy atom. The fraction of sp³-hybridized carbons (Fsp3) is 0.538. The number of benzene rings is 1. The minimum Gasteiger partial charge on any atom is -0.314 e. The zero-order valence-electron chi connectivity index (χ0n) is 9.61. The van der Waals surface area contributed by atoms with E-state index < -0.39 is 0 Å². The first kappa shape index (κ1) is 12.6. The molecule has 2 rings (SSSR count). The highest BCUT2D eigenvalue weighted by atomic mass is 32.1. The molecule has 2 heteroatoms. The van der Waals surface area contributed by atoms with Crippen LogP contribution in [0.1, 0.15) is 31.2 Å². The van der Waals surface area contributed by atoms with E-state index in [0.29, 0.717) is 6.04 Å². The molecule has 0 radical (unpaired) electrons. The predicted molar refractivity (Wildman–Crippen MR) is 70.8 cm³/mol. The standard InChI is InChI=1S/C12H17N.CH4S/c1-10-7-8-12(9-13-10)11-5-3-2-4-6-11;1-2/h2-6,10,12-13H,7-9H2,1H3;2H,1H3. The van der Waals surface area contributed by atoms with Crippen LogP contribution in [-0.4, -0.2) is 18.8 Å². The van der Waals surface area contributed by atoms with E-state index >= 15 is 0 Å². The van der Waals surface area contributed by atoms with Crippen molar-refractivity contribution in [1.82, 2.24) is 5.32 Å². The maximum Gasteiger partial charge on any atom is 0.00391 e. The number of hydrogen-bond donors (Lipinski definition) is 2. The third kappa shape index (κ3) is 3.88. The molecule has 1 aliphatic rings. The number of thiol groups is 1. The van der Waals surface area contributed by atoms with Gasteiger partial charge in [-0.15, -0.1) is 0 Å². The molecule has 1 aromatic rings. The molecule has 1 aliphatic heterocycles. The largest absolute Gasteiger partial charge is 0.314 e. The lowest BCUT2D eigenvalue weighted by molar-refractivity contribution is 0.385. The number of piperidine rings is 1. The van der Waals surface area contributed by atoms with Gasteiger partial charge in [-0.05, 0) is 37.5 Å². The van der Waals surface area contributed by atoms with Crippen LogP contribution in [0.5, 0.6) is 0 Å². The summed E-state index contributed by atoms with van der Waals surface area (Å²) in [5.74, 6) is 0.734. The van der Waals surface area contributed by atoms with Gasteiger partial charge in [0.25, 0.3) is 0 Å². The van der Waals surface area contributed by atoms with Gasteiger partial charge < -0.3 is 5.32 Å². The maximum atomic E-state index is 3.53. The summed E-state index contributed by atoms with van der Waals surface area (Å²) in [5.41, 5.74) is 1.49. The van der Waals surface area contributed by atoms with Gasteiger partial charge in [-0.3, -0.25) is 0 Å². The van der Waals surface area contributed by atoms with Crippen LogP contribution < -0.4 is 5.32 Å². The second kappa shape index (κ2) is 6.91. The number of nitrogens with one attached hydrogen (secondary N) is 1. The minimum absolute atomic E-state index is 0.708. The molecule has 0 bridgehead atoms. The Kier molecular flexibility index (Phi) is 5.81. The average Bonchev–Trinajstić information content (AvgIpc) is 2.34. The molecule has 0 saturated carbocycles. The molecule has 1 nitrogen and oxygen atoms in total. The summed E-state index contributed by atoms with van der Waals surface area (Å²) in [6, 6.07) is 11.5. The van der Waals surface area contributed by atoms with Crippen molar-refractivity contribution in [3.63, 3.8) is 0 Å². The molecule has 1 saturated heterocycles. The lowest BCUT2D eigenvalue weighted by atomic mass is 9.89. The monoisotopic (exact) mass is 223 g/mol. The first-order chi connectivity index (χ1) is 7.36. The first-order valence-corrected chi connectivity index (χ1v) is 6.49. The quantitative estimate of drug-likeness (QED) is 0.697. The second-order valence-corrected chi connectivity index (χ2v) is 3.99. The zero-order chi connectivity index (χ0) is 11.1. The molecular formula is C13H21NS. The molecule has 1 N–H and O–H groups in total. The predicted octanol–water partition coefficient (Wildman–Crippen LogP) is 3.09. The van der Waals surface area contributed by atoms with E-state index in [2.05, 4.69) is 55.2 Å². The van der Waals surface area contributed by atoms with Gasteiger partial charge in [0.1, 0.15) is 0 Å². The molecule has 84 valence electrons. The maximum absolute atomic E-state index is 3.53. The van der Waals surface area contributed by atoms with E-state index in [0.717, 1.165) is 12.5 Å². The van der Waals surface area contributed by atoms with Crippen molar-refractivity contribution in [2.24, 2.45) is 0 Å². The normalized spacial score (nSPS) is 25.3. The van der Waals surface area contributed by atoms with Crippen molar-refractivity contribution < 1.29 is 0 Å². The summed E-state index contributed by atoms with van der Waals surface area (Å²) in [4.78, 5) is 0. The lowest BCUT2D eigenvalue weighted by Gasteiger charge is -2.27. The van der Waals surface area contributed by atoms with Crippen LogP contribution in [0.25, 0.3) is 0 Å². The Balaban J connectivity index is 0.000000531. The van der Waals surface area contributed by atoms with E-state index in [-0.39, 0.29) is 0 Å². The Morgan fingerprint density at radius 1 is 1.13 bits per heavy atom.